The number of piperazine rings is 1. The summed E-state index contributed by atoms with van der Waals surface area (Å²) in [5.41, 5.74) is 1.32. The third-order valence-electron chi connectivity index (χ3n) is 6.31. The second-order valence-corrected chi connectivity index (χ2v) is 11.0. The van der Waals surface area contributed by atoms with E-state index >= 15 is 0 Å². The van der Waals surface area contributed by atoms with Crippen molar-refractivity contribution in [3.05, 3.63) is 70.0 Å². The molecule has 3 aromatic rings. The molecule has 0 aliphatic carbocycles. The Hall–Kier alpha value is -2.97. The van der Waals surface area contributed by atoms with Crippen LogP contribution in [0.1, 0.15) is 36.7 Å². The number of aromatic nitrogens is 2. The largest absolute Gasteiger partial charge is 0.336 e. The number of benzene rings is 2. The van der Waals surface area contributed by atoms with Crippen LogP contribution in [0.3, 0.4) is 0 Å². The number of thioether (sulfide) groups is 1. The summed E-state index contributed by atoms with van der Waals surface area (Å²) < 4.78 is 1.63. The van der Waals surface area contributed by atoms with Crippen LogP contribution in [0.5, 0.6) is 0 Å². The number of hydrogen-bond acceptors (Lipinski definition) is 6. The van der Waals surface area contributed by atoms with Crippen molar-refractivity contribution in [3.63, 3.8) is 0 Å². The van der Waals surface area contributed by atoms with Crippen molar-refractivity contribution in [2.24, 2.45) is 5.41 Å². The van der Waals surface area contributed by atoms with Crippen LogP contribution in [0.4, 0.5) is 0 Å². The minimum absolute atomic E-state index is 0.0487. The number of likely N-dealkylation sites (N-methyl/N-ethyl adjacent to an activating group) is 1. The van der Waals surface area contributed by atoms with E-state index in [1.54, 1.807) is 22.8 Å². The predicted octanol–water partition coefficient (Wildman–Crippen LogP) is 3.54. The fourth-order valence-corrected chi connectivity index (χ4v) is 5.05. The monoisotopic (exact) mass is 492 g/mol. The van der Waals surface area contributed by atoms with Crippen LogP contribution in [0, 0.1) is 5.41 Å². The SMILES string of the molecule is CN1CCN(C(=O)c2ccc3c(=O)n(Cc4ccccc4)c(SCC(=O)C(C)(C)C)nc3c2)CC1. The highest BCUT2D eigenvalue weighted by Gasteiger charge is 2.24. The van der Waals surface area contributed by atoms with Gasteiger partial charge < -0.3 is 9.80 Å². The van der Waals surface area contributed by atoms with Gasteiger partial charge in [-0.25, -0.2) is 4.98 Å². The van der Waals surface area contributed by atoms with Crippen molar-refractivity contribution in [1.29, 1.82) is 0 Å². The number of fused-ring (bicyclic) bond motifs is 1. The number of carbonyl (C=O) groups is 2. The van der Waals surface area contributed by atoms with Crippen LogP contribution < -0.4 is 5.56 Å². The van der Waals surface area contributed by atoms with Crippen LogP contribution in [-0.4, -0.2) is 70.0 Å². The van der Waals surface area contributed by atoms with Gasteiger partial charge in [-0.1, -0.05) is 62.9 Å². The third kappa shape index (κ3) is 5.82. The van der Waals surface area contributed by atoms with Crippen LogP contribution >= 0.6 is 11.8 Å². The average Bonchev–Trinajstić information content (AvgIpc) is 2.84. The highest BCUT2D eigenvalue weighted by Crippen LogP contribution is 2.24. The molecule has 0 N–H and O–H groups in total. The van der Waals surface area contributed by atoms with Gasteiger partial charge in [0, 0.05) is 37.2 Å². The maximum absolute atomic E-state index is 13.5. The second-order valence-electron chi connectivity index (χ2n) is 10.1. The first-order valence-electron chi connectivity index (χ1n) is 11.9. The Morgan fingerprint density at radius 3 is 2.34 bits per heavy atom. The Balaban J connectivity index is 1.72. The summed E-state index contributed by atoms with van der Waals surface area (Å²) in [5, 5.41) is 0.940. The van der Waals surface area contributed by atoms with E-state index in [9.17, 15) is 14.4 Å². The first kappa shape index (κ1) is 25.1. The maximum Gasteiger partial charge on any atom is 0.262 e. The molecule has 0 spiro atoms. The van der Waals surface area contributed by atoms with Crippen molar-refractivity contribution < 1.29 is 9.59 Å². The molecule has 8 heteroatoms. The fourth-order valence-electron chi connectivity index (χ4n) is 3.89. The van der Waals surface area contributed by atoms with Gasteiger partial charge >= 0.3 is 0 Å². The highest BCUT2D eigenvalue weighted by molar-refractivity contribution is 7.99. The van der Waals surface area contributed by atoms with Crippen LogP contribution in [-0.2, 0) is 11.3 Å². The molecule has 1 fully saturated rings. The first-order chi connectivity index (χ1) is 16.6. The Bertz CT molecular complexity index is 1290. The molecule has 1 aromatic heterocycles. The zero-order valence-electron chi connectivity index (χ0n) is 20.8. The molecule has 4 rings (SSSR count). The molecule has 0 bridgehead atoms. The molecule has 184 valence electrons. The van der Waals surface area contributed by atoms with Crippen molar-refractivity contribution >= 4 is 34.4 Å². The number of Topliss-reactive ketones (excluding diaryl/α,β-unsaturated/α-hetero) is 1. The van der Waals surface area contributed by atoms with E-state index in [2.05, 4.69) is 4.90 Å². The van der Waals surface area contributed by atoms with E-state index in [1.165, 1.54) is 11.8 Å². The summed E-state index contributed by atoms with van der Waals surface area (Å²) in [7, 11) is 2.05. The summed E-state index contributed by atoms with van der Waals surface area (Å²) in [6.45, 7) is 9.04. The van der Waals surface area contributed by atoms with E-state index in [0.717, 1.165) is 18.7 Å². The smallest absolute Gasteiger partial charge is 0.262 e. The lowest BCUT2D eigenvalue weighted by molar-refractivity contribution is -0.123. The molecule has 1 saturated heterocycles. The fraction of sp³-hybridized carbons (Fsp3) is 0.407. The number of carbonyl (C=O) groups excluding carboxylic acids is 2. The highest BCUT2D eigenvalue weighted by atomic mass is 32.2. The van der Waals surface area contributed by atoms with E-state index in [-0.39, 0.29) is 23.0 Å². The lowest BCUT2D eigenvalue weighted by Crippen LogP contribution is -2.47. The molecular weight excluding hydrogens is 460 g/mol. The van der Waals surface area contributed by atoms with Gasteiger partial charge in [0.15, 0.2) is 5.16 Å². The number of nitrogens with zero attached hydrogens (tertiary/aromatic N) is 4. The standard InChI is InChI=1S/C27H32N4O3S/c1-27(2,3)23(32)18-35-26-28-22-16-20(24(33)30-14-12-29(4)13-15-30)10-11-21(22)25(34)31(26)17-19-8-6-5-7-9-19/h5-11,16H,12-15,17-18H2,1-4H3. The Labute approximate surface area is 210 Å². The van der Waals surface area contributed by atoms with Gasteiger partial charge in [-0.3, -0.25) is 19.0 Å². The van der Waals surface area contributed by atoms with E-state index in [4.69, 9.17) is 4.98 Å². The first-order valence-corrected chi connectivity index (χ1v) is 12.8. The number of ketones is 1. The zero-order chi connectivity index (χ0) is 25.2. The Morgan fingerprint density at radius 2 is 1.69 bits per heavy atom. The lowest BCUT2D eigenvalue weighted by atomic mass is 9.92. The van der Waals surface area contributed by atoms with Gasteiger partial charge in [-0.15, -0.1) is 0 Å². The molecular formula is C27H32N4O3S. The molecule has 0 radical (unpaired) electrons. The van der Waals surface area contributed by atoms with Crippen molar-refractivity contribution in [2.45, 2.75) is 32.5 Å². The lowest BCUT2D eigenvalue weighted by Gasteiger charge is -2.32. The summed E-state index contributed by atoms with van der Waals surface area (Å²) >= 11 is 1.27. The number of amides is 1. The van der Waals surface area contributed by atoms with Crippen LogP contribution in [0.15, 0.2) is 58.5 Å². The molecule has 35 heavy (non-hydrogen) atoms. The van der Waals surface area contributed by atoms with Gasteiger partial charge in [0.2, 0.25) is 0 Å². The van der Waals surface area contributed by atoms with Gasteiger partial charge in [-0.05, 0) is 30.8 Å². The van der Waals surface area contributed by atoms with Crippen LogP contribution in [0.25, 0.3) is 10.9 Å². The maximum atomic E-state index is 13.5. The molecule has 2 aromatic carbocycles. The Kier molecular flexibility index (Phi) is 7.42. The molecule has 2 heterocycles. The van der Waals surface area contributed by atoms with E-state index in [1.807, 2.05) is 63.1 Å². The van der Waals surface area contributed by atoms with Crippen molar-refractivity contribution in [3.8, 4) is 0 Å². The summed E-state index contributed by atoms with van der Waals surface area (Å²) in [4.78, 5) is 48.1. The normalized spacial score (nSPS) is 14.9. The molecule has 7 nitrogen and oxygen atoms in total. The minimum Gasteiger partial charge on any atom is -0.336 e. The molecule has 0 atom stereocenters. The minimum atomic E-state index is -0.476. The Morgan fingerprint density at radius 1 is 1.00 bits per heavy atom. The van der Waals surface area contributed by atoms with Gasteiger partial charge in [0.25, 0.3) is 11.5 Å². The molecule has 0 unspecified atom stereocenters. The summed E-state index contributed by atoms with van der Waals surface area (Å²) in [5.74, 6) is 0.255. The molecule has 0 saturated carbocycles. The summed E-state index contributed by atoms with van der Waals surface area (Å²) in [6.07, 6.45) is 0. The van der Waals surface area contributed by atoms with Gasteiger partial charge in [-0.2, -0.15) is 0 Å². The second kappa shape index (κ2) is 10.3. The quantitative estimate of drug-likeness (QED) is 0.387. The number of rotatable bonds is 6. The van der Waals surface area contributed by atoms with Gasteiger partial charge in [0.1, 0.15) is 5.78 Å². The average molecular weight is 493 g/mol. The van der Waals surface area contributed by atoms with E-state index < -0.39 is 5.41 Å². The zero-order valence-corrected chi connectivity index (χ0v) is 21.6. The van der Waals surface area contributed by atoms with Gasteiger partial charge in [0.05, 0.1) is 23.2 Å². The van der Waals surface area contributed by atoms with Crippen molar-refractivity contribution in [1.82, 2.24) is 19.4 Å². The topological polar surface area (TPSA) is 75.5 Å². The predicted molar refractivity (Wildman–Crippen MR) is 140 cm³/mol. The molecule has 1 amide bonds. The van der Waals surface area contributed by atoms with Crippen molar-refractivity contribution in [2.75, 3.05) is 39.0 Å². The number of hydrogen-bond donors (Lipinski definition) is 0. The summed E-state index contributed by atoms with van der Waals surface area (Å²) in [6, 6.07) is 14.8. The molecule has 1 aliphatic heterocycles. The van der Waals surface area contributed by atoms with E-state index in [0.29, 0.717) is 41.3 Å². The molecule has 1 aliphatic rings. The third-order valence-corrected chi connectivity index (χ3v) is 7.29. The van der Waals surface area contributed by atoms with Crippen LogP contribution in [0.2, 0.25) is 0 Å².